The minimum absolute atomic E-state index is 0.184. The molecular weight excluding hydrogens is 196 g/mol. The quantitative estimate of drug-likeness (QED) is 0.713. The summed E-state index contributed by atoms with van der Waals surface area (Å²) in [5.41, 5.74) is 2.37. The van der Waals surface area contributed by atoms with E-state index in [-0.39, 0.29) is 5.38 Å². The first-order chi connectivity index (χ1) is 6.59. The number of nitrogens with zero attached hydrogens (tertiary/aromatic N) is 2. The molecule has 1 heterocycles. The highest BCUT2D eigenvalue weighted by atomic mass is 35.5. The molecular formula is C11H17ClN2. The van der Waals surface area contributed by atoms with Crippen LogP contribution in [0, 0.1) is 6.92 Å². The van der Waals surface area contributed by atoms with Gasteiger partial charge in [-0.1, -0.05) is 6.07 Å². The van der Waals surface area contributed by atoms with Gasteiger partial charge in [-0.25, -0.2) is 0 Å². The number of rotatable bonds is 4. The van der Waals surface area contributed by atoms with Gasteiger partial charge in [0.25, 0.3) is 0 Å². The normalized spacial score (nSPS) is 13.2. The number of hydrogen-bond donors (Lipinski definition) is 0. The van der Waals surface area contributed by atoms with Gasteiger partial charge in [0.2, 0.25) is 0 Å². The smallest absolute Gasteiger partial charge is 0.0572 e. The first-order valence-corrected chi connectivity index (χ1v) is 5.26. The largest absolute Gasteiger partial charge is 0.299 e. The van der Waals surface area contributed by atoms with Gasteiger partial charge < -0.3 is 0 Å². The standard InChI is InChI=1S/C11H17ClN2/c1-9-5-4-6-13-11(9)8-14(3)7-10(2)12/h4-6,10H,7-8H2,1-3H3. The Bertz CT molecular complexity index is 286. The summed E-state index contributed by atoms with van der Waals surface area (Å²) >= 11 is 5.92. The van der Waals surface area contributed by atoms with Crippen LogP contribution in [-0.2, 0) is 6.54 Å². The van der Waals surface area contributed by atoms with E-state index in [1.165, 1.54) is 5.56 Å². The molecule has 1 rings (SSSR count). The van der Waals surface area contributed by atoms with Crippen LogP contribution in [0.15, 0.2) is 18.3 Å². The topological polar surface area (TPSA) is 16.1 Å². The van der Waals surface area contributed by atoms with Crippen LogP contribution in [0.3, 0.4) is 0 Å². The summed E-state index contributed by atoms with van der Waals surface area (Å²) in [6.07, 6.45) is 1.83. The van der Waals surface area contributed by atoms with E-state index >= 15 is 0 Å². The van der Waals surface area contributed by atoms with Crippen LogP contribution in [0.2, 0.25) is 0 Å². The second kappa shape index (κ2) is 5.32. The Labute approximate surface area is 90.9 Å². The number of pyridine rings is 1. The van der Waals surface area contributed by atoms with E-state index in [2.05, 4.69) is 29.9 Å². The summed E-state index contributed by atoms with van der Waals surface area (Å²) in [5.74, 6) is 0. The Hall–Kier alpha value is -0.600. The summed E-state index contributed by atoms with van der Waals surface area (Å²) in [7, 11) is 2.06. The van der Waals surface area contributed by atoms with Crippen molar-refractivity contribution in [1.82, 2.24) is 9.88 Å². The molecule has 0 saturated carbocycles. The van der Waals surface area contributed by atoms with Crippen molar-refractivity contribution in [3.63, 3.8) is 0 Å². The molecule has 1 unspecified atom stereocenters. The Morgan fingerprint density at radius 1 is 1.57 bits per heavy atom. The van der Waals surface area contributed by atoms with Crippen molar-refractivity contribution in [3.05, 3.63) is 29.6 Å². The molecule has 1 aromatic heterocycles. The van der Waals surface area contributed by atoms with E-state index in [1.54, 1.807) is 0 Å². The van der Waals surface area contributed by atoms with Crippen LogP contribution in [0.4, 0.5) is 0 Å². The van der Waals surface area contributed by atoms with Crippen molar-refractivity contribution in [2.24, 2.45) is 0 Å². The van der Waals surface area contributed by atoms with E-state index < -0.39 is 0 Å². The average molecular weight is 213 g/mol. The molecule has 0 aromatic carbocycles. The average Bonchev–Trinajstić information content (AvgIpc) is 2.07. The summed E-state index contributed by atoms with van der Waals surface area (Å²) in [5, 5.41) is 0.184. The lowest BCUT2D eigenvalue weighted by Gasteiger charge is -2.18. The van der Waals surface area contributed by atoms with Gasteiger partial charge in [0.05, 0.1) is 5.69 Å². The summed E-state index contributed by atoms with van der Waals surface area (Å²) in [4.78, 5) is 6.53. The minimum Gasteiger partial charge on any atom is -0.299 e. The first kappa shape index (κ1) is 11.5. The van der Waals surface area contributed by atoms with E-state index in [9.17, 15) is 0 Å². The van der Waals surface area contributed by atoms with Crippen LogP contribution < -0.4 is 0 Å². The zero-order chi connectivity index (χ0) is 10.6. The lowest BCUT2D eigenvalue weighted by molar-refractivity contribution is 0.325. The van der Waals surface area contributed by atoms with Gasteiger partial charge in [0.15, 0.2) is 0 Å². The number of aromatic nitrogens is 1. The Morgan fingerprint density at radius 2 is 2.29 bits per heavy atom. The molecule has 78 valence electrons. The maximum atomic E-state index is 5.92. The third-order valence-corrected chi connectivity index (χ3v) is 2.24. The highest BCUT2D eigenvalue weighted by Crippen LogP contribution is 2.07. The monoisotopic (exact) mass is 212 g/mol. The molecule has 0 spiro atoms. The molecule has 0 radical (unpaired) electrons. The van der Waals surface area contributed by atoms with E-state index in [0.29, 0.717) is 0 Å². The van der Waals surface area contributed by atoms with Gasteiger partial charge in [-0.05, 0) is 32.5 Å². The second-order valence-corrected chi connectivity index (χ2v) is 4.49. The van der Waals surface area contributed by atoms with Crippen molar-refractivity contribution in [3.8, 4) is 0 Å². The number of alkyl halides is 1. The molecule has 0 aliphatic rings. The lowest BCUT2D eigenvalue weighted by Crippen LogP contribution is -2.25. The SMILES string of the molecule is Cc1cccnc1CN(C)CC(C)Cl. The molecule has 0 amide bonds. The molecule has 0 saturated heterocycles. The van der Waals surface area contributed by atoms with Crippen molar-refractivity contribution in [1.29, 1.82) is 0 Å². The van der Waals surface area contributed by atoms with E-state index in [4.69, 9.17) is 11.6 Å². The van der Waals surface area contributed by atoms with Crippen LogP contribution in [0.5, 0.6) is 0 Å². The van der Waals surface area contributed by atoms with Crippen LogP contribution in [0.25, 0.3) is 0 Å². The first-order valence-electron chi connectivity index (χ1n) is 4.82. The molecule has 0 fully saturated rings. The van der Waals surface area contributed by atoms with Crippen molar-refractivity contribution < 1.29 is 0 Å². The number of hydrogen-bond acceptors (Lipinski definition) is 2. The van der Waals surface area contributed by atoms with Gasteiger partial charge in [0.1, 0.15) is 0 Å². The molecule has 0 N–H and O–H groups in total. The Balaban J connectivity index is 2.56. The zero-order valence-corrected chi connectivity index (χ0v) is 9.75. The third-order valence-electron chi connectivity index (χ3n) is 2.10. The van der Waals surface area contributed by atoms with Gasteiger partial charge in [-0.3, -0.25) is 9.88 Å². The fraction of sp³-hybridized carbons (Fsp3) is 0.545. The summed E-state index contributed by atoms with van der Waals surface area (Å²) < 4.78 is 0. The van der Waals surface area contributed by atoms with Crippen molar-refractivity contribution in [2.45, 2.75) is 25.8 Å². The fourth-order valence-corrected chi connectivity index (χ4v) is 1.67. The van der Waals surface area contributed by atoms with E-state index in [0.717, 1.165) is 18.8 Å². The maximum Gasteiger partial charge on any atom is 0.0572 e. The number of aryl methyl sites for hydroxylation is 1. The van der Waals surface area contributed by atoms with Crippen molar-refractivity contribution in [2.75, 3.05) is 13.6 Å². The Kier molecular flexibility index (Phi) is 4.36. The predicted molar refractivity (Wildman–Crippen MR) is 60.6 cm³/mol. The summed E-state index contributed by atoms with van der Waals surface area (Å²) in [6, 6.07) is 4.04. The second-order valence-electron chi connectivity index (χ2n) is 3.74. The molecule has 1 atom stereocenters. The Morgan fingerprint density at radius 3 is 2.86 bits per heavy atom. The minimum atomic E-state index is 0.184. The van der Waals surface area contributed by atoms with Gasteiger partial charge in [-0.2, -0.15) is 0 Å². The van der Waals surface area contributed by atoms with E-state index in [1.807, 2.05) is 19.2 Å². The maximum absolute atomic E-state index is 5.92. The van der Waals surface area contributed by atoms with Gasteiger partial charge in [-0.15, -0.1) is 11.6 Å². The molecule has 0 aliphatic carbocycles. The molecule has 2 nitrogen and oxygen atoms in total. The molecule has 0 aliphatic heterocycles. The summed E-state index contributed by atoms with van der Waals surface area (Å²) in [6.45, 7) is 5.84. The van der Waals surface area contributed by atoms with Crippen LogP contribution in [-0.4, -0.2) is 28.9 Å². The van der Waals surface area contributed by atoms with Crippen molar-refractivity contribution >= 4 is 11.6 Å². The molecule has 3 heteroatoms. The van der Waals surface area contributed by atoms with Gasteiger partial charge >= 0.3 is 0 Å². The van der Waals surface area contributed by atoms with Crippen LogP contribution in [0.1, 0.15) is 18.2 Å². The molecule has 14 heavy (non-hydrogen) atoms. The predicted octanol–water partition coefficient (Wildman–Crippen LogP) is 2.45. The highest BCUT2D eigenvalue weighted by molar-refractivity contribution is 6.20. The highest BCUT2D eigenvalue weighted by Gasteiger charge is 2.06. The molecule has 0 bridgehead atoms. The molecule has 1 aromatic rings. The number of halogens is 1. The third kappa shape index (κ3) is 3.64. The van der Waals surface area contributed by atoms with Gasteiger partial charge in [0, 0.05) is 24.7 Å². The fourth-order valence-electron chi connectivity index (χ4n) is 1.43. The lowest BCUT2D eigenvalue weighted by atomic mass is 10.2. The van der Waals surface area contributed by atoms with Crippen LogP contribution >= 0.6 is 11.6 Å². The zero-order valence-electron chi connectivity index (χ0n) is 9.00.